The van der Waals surface area contributed by atoms with E-state index in [1.54, 1.807) is 5.19 Å². The standard InChI is InChI=1S/C13H19Si/c1-14(12-8-4-2-5-9-12)13-10-6-3-7-11-13/h2,4-5,8-9,13H,3,6-7,10-11H2,1H3. The smallest absolute Gasteiger partial charge is 0.0667 e. The molecular formula is C13H19Si. The fourth-order valence-electron chi connectivity index (χ4n) is 2.47. The van der Waals surface area contributed by atoms with Crippen molar-refractivity contribution in [3.63, 3.8) is 0 Å². The largest absolute Gasteiger partial charge is 0.0856 e. The second kappa shape index (κ2) is 4.79. The van der Waals surface area contributed by atoms with Crippen LogP contribution in [0.3, 0.4) is 0 Å². The van der Waals surface area contributed by atoms with Crippen LogP contribution in [0.5, 0.6) is 0 Å². The van der Waals surface area contributed by atoms with Gasteiger partial charge in [0.25, 0.3) is 0 Å². The molecule has 0 N–H and O–H groups in total. The average Bonchev–Trinajstić information content (AvgIpc) is 2.30. The summed E-state index contributed by atoms with van der Waals surface area (Å²) < 4.78 is 0. The van der Waals surface area contributed by atoms with Crippen molar-refractivity contribution in [2.45, 2.75) is 44.2 Å². The van der Waals surface area contributed by atoms with E-state index in [-0.39, 0.29) is 8.80 Å². The SMILES string of the molecule is C[Si](c1ccccc1)C1CCCCC1. The molecule has 1 aliphatic rings. The van der Waals surface area contributed by atoms with Gasteiger partial charge >= 0.3 is 0 Å². The molecule has 0 amide bonds. The van der Waals surface area contributed by atoms with Gasteiger partial charge < -0.3 is 0 Å². The second-order valence-corrected chi connectivity index (χ2v) is 7.14. The zero-order chi connectivity index (χ0) is 9.80. The maximum absolute atomic E-state index is 2.50. The van der Waals surface area contributed by atoms with Gasteiger partial charge in [-0.15, -0.1) is 0 Å². The van der Waals surface area contributed by atoms with Crippen LogP contribution >= 0.6 is 0 Å². The summed E-state index contributed by atoms with van der Waals surface area (Å²) >= 11 is 0. The third kappa shape index (κ3) is 2.27. The van der Waals surface area contributed by atoms with E-state index in [9.17, 15) is 0 Å². The first-order chi connectivity index (χ1) is 6.88. The third-order valence-electron chi connectivity index (χ3n) is 3.45. The zero-order valence-corrected chi connectivity index (χ0v) is 10.00. The maximum Gasteiger partial charge on any atom is 0.0856 e. The molecule has 0 unspecified atom stereocenters. The number of hydrogen-bond acceptors (Lipinski definition) is 0. The topological polar surface area (TPSA) is 0 Å². The summed E-state index contributed by atoms with van der Waals surface area (Å²) in [4.78, 5) is 0. The van der Waals surface area contributed by atoms with E-state index in [1.807, 2.05) is 0 Å². The van der Waals surface area contributed by atoms with E-state index in [4.69, 9.17) is 0 Å². The Labute approximate surface area is 89.0 Å². The fraction of sp³-hybridized carbons (Fsp3) is 0.538. The Kier molecular flexibility index (Phi) is 3.41. The molecule has 75 valence electrons. The maximum atomic E-state index is 2.50. The van der Waals surface area contributed by atoms with Gasteiger partial charge in [0.1, 0.15) is 0 Å². The number of rotatable bonds is 2. The molecule has 1 radical (unpaired) electrons. The van der Waals surface area contributed by atoms with Crippen LogP contribution in [-0.4, -0.2) is 8.80 Å². The van der Waals surface area contributed by atoms with Gasteiger partial charge in [0.05, 0.1) is 8.80 Å². The molecule has 0 saturated heterocycles. The predicted octanol–water partition coefficient (Wildman–Crippen LogP) is 3.35. The van der Waals surface area contributed by atoms with Crippen LogP contribution in [0.2, 0.25) is 12.1 Å². The van der Waals surface area contributed by atoms with Gasteiger partial charge in [-0.25, -0.2) is 0 Å². The van der Waals surface area contributed by atoms with Crippen LogP contribution in [0, 0.1) is 0 Å². The Morgan fingerprint density at radius 2 is 1.64 bits per heavy atom. The molecule has 0 atom stereocenters. The minimum atomic E-state index is -0.268. The molecule has 0 aliphatic heterocycles. The van der Waals surface area contributed by atoms with Gasteiger partial charge in [0, 0.05) is 0 Å². The van der Waals surface area contributed by atoms with Crippen molar-refractivity contribution in [3.8, 4) is 0 Å². The molecule has 0 nitrogen and oxygen atoms in total. The van der Waals surface area contributed by atoms with Crippen molar-refractivity contribution in [1.82, 2.24) is 0 Å². The fourth-order valence-corrected chi connectivity index (χ4v) is 4.94. The van der Waals surface area contributed by atoms with Crippen LogP contribution in [0.4, 0.5) is 0 Å². The lowest BCUT2D eigenvalue weighted by Crippen LogP contribution is -2.32. The highest BCUT2D eigenvalue weighted by atomic mass is 28.3. The third-order valence-corrected chi connectivity index (χ3v) is 6.49. The number of hydrogen-bond donors (Lipinski definition) is 0. The van der Waals surface area contributed by atoms with E-state index in [2.05, 4.69) is 36.9 Å². The molecule has 14 heavy (non-hydrogen) atoms. The molecule has 1 fully saturated rings. The lowest BCUT2D eigenvalue weighted by molar-refractivity contribution is 0.498. The summed E-state index contributed by atoms with van der Waals surface area (Å²) in [6.07, 6.45) is 7.39. The Hall–Kier alpha value is -0.563. The Morgan fingerprint density at radius 3 is 2.29 bits per heavy atom. The van der Waals surface area contributed by atoms with Crippen molar-refractivity contribution < 1.29 is 0 Å². The van der Waals surface area contributed by atoms with Gasteiger partial charge in [-0.3, -0.25) is 0 Å². The highest BCUT2D eigenvalue weighted by Crippen LogP contribution is 2.30. The van der Waals surface area contributed by atoms with E-state index < -0.39 is 0 Å². The van der Waals surface area contributed by atoms with Crippen molar-refractivity contribution in [1.29, 1.82) is 0 Å². The quantitative estimate of drug-likeness (QED) is 0.647. The lowest BCUT2D eigenvalue weighted by Gasteiger charge is -2.26. The Balaban J connectivity index is 2.03. The molecule has 0 aromatic heterocycles. The molecule has 1 aliphatic carbocycles. The average molecular weight is 203 g/mol. The molecular weight excluding hydrogens is 184 g/mol. The summed E-state index contributed by atoms with van der Waals surface area (Å²) in [5.74, 6) is 0. The minimum absolute atomic E-state index is 0.268. The van der Waals surface area contributed by atoms with Gasteiger partial charge in [-0.05, 0) is 5.54 Å². The Morgan fingerprint density at radius 1 is 1.00 bits per heavy atom. The normalized spacial score (nSPS) is 18.7. The van der Waals surface area contributed by atoms with Gasteiger partial charge in [-0.2, -0.15) is 0 Å². The summed E-state index contributed by atoms with van der Waals surface area (Å²) in [5.41, 5.74) is 1.04. The highest BCUT2D eigenvalue weighted by molar-refractivity contribution is 6.73. The first-order valence-corrected chi connectivity index (χ1v) is 7.84. The van der Waals surface area contributed by atoms with Crippen molar-refractivity contribution in [3.05, 3.63) is 30.3 Å². The molecule has 1 aromatic carbocycles. The van der Waals surface area contributed by atoms with E-state index in [0.717, 1.165) is 5.54 Å². The monoisotopic (exact) mass is 203 g/mol. The van der Waals surface area contributed by atoms with Crippen LogP contribution in [0.25, 0.3) is 0 Å². The van der Waals surface area contributed by atoms with E-state index >= 15 is 0 Å². The summed E-state index contributed by atoms with van der Waals surface area (Å²) in [6.45, 7) is 2.50. The van der Waals surface area contributed by atoms with Crippen LogP contribution in [0.15, 0.2) is 30.3 Å². The number of benzene rings is 1. The van der Waals surface area contributed by atoms with Crippen molar-refractivity contribution >= 4 is 14.0 Å². The Bertz CT molecular complexity index is 262. The zero-order valence-electron chi connectivity index (χ0n) is 9.00. The van der Waals surface area contributed by atoms with Gasteiger partial charge in [0.2, 0.25) is 0 Å². The lowest BCUT2D eigenvalue weighted by atomic mass is 10.0. The molecule has 1 aromatic rings. The molecule has 1 saturated carbocycles. The molecule has 1 heteroatoms. The van der Waals surface area contributed by atoms with Crippen LogP contribution in [-0.2, 0) is 0 Å². The van der Waals surface area contributed by atoms with Crippen LogP contribution < -0.4 is 5.19 Å². The minimum Gasteiger partial charge on any atom is -0.0667 e. The molecule has 2 rings (SSSR count). The molecule has 0 bridgehead atoms. The van der Waals surface area contributed by atoms with Crippen molar-refractivity contribution in [2.75, 3.05) is 0 Å². The summed E-state index contributed by atoms with van der Waals surface area (Å²) in [5, 5.41) is 1.63. The van der Waals surface area contributed by atoms with E-state index in [0.29, 0.717) is 0 Å². The van der Waals surface area contributed by atoms with Gasteiger partial charge in [-0.1, -0.05) is 74.2 Å². The predicted molar refractivity (Wildman–Crippen MR) is 64.5 cm³/mol. The van der Waals surface area contributed by atoms with Crippen LogP contribution in [0.1, 0.15) is 32.1 Å². The van der Waals surface area contributed by atoms with Gasteiger partial charge in [0.15, 0.2) is 0 Å². The summed E-state index contributed by atoms with van der Waals surface area (Å²) in [7, 11) is -0.268. The van der Waals surface area contributed by atoms with Crippen molar-refractivity contribution in [2.24, 2.45) is 0 Å². The first-order valence-electron chi connectivity index (χ1n) is 5.77. The first kappa shape index (κ1) is 9.97. The highest BCUT2D eigenvalue weighted by Gasteiger charge is 2.22. The van der Waals surface area contributed by atoms with E-state index in [1.165, 1.54) is 32.1 Å². The summed E-state index contributed by atoms with van der Waals surface area (Å²) in [6, 6.07) is 11.1. The molecule has 0 heterocycles. The molecule has 0 spiro atoms. The second-order valence-electron chi connectivity index (χ2n) is 4.38.